The van der Waals surface area contributed by atoms with Crippen molar-refractivity contribution < 1.29 is 36.6 Å². The Bertz CT molecular complexity index is 1360. The summed E-state index contributed by atoms with van der Waals surface area (Å²) in [6.45, 7) is 1.09. The van der Waals surface area contributed by atoms with Gasteiger partial charge in [0, 0.05) is 31.2 Å². The summed E-state index contributed by atoms with van der Waals surface area (Å²) < 4.78 is 59.6. The number of anilines is 2. The molecule has 3 aromatic rings. The molecule has 2 aromatic heterocycles. The van der Waals surface area contributed by atoms with E-state index in [2.05, 4.69) is 15.2 Å². The molecule has 8 nitrogen and oxygen atoms in total. The topological polar surface area (TPSA) is 108 Å². The number of nitrogens with zero attached hydrogens (tertiary/aromatic N) is 4. The van der Waals surface area contributed by atoms with E-state index in [1.54, 1.807) is 12.4 Å². The van der Waals surface area contributed by atoms with Gasteiger partial charge < -0.3 is 15.3 Å². The van der Waals surface area contributed by atoms with E-state index in [9.17, 15) is 26.7 Å². The summed E-state index contributed by atoms with van der Waals surface area (Å²) in [5, 5.41) is 10.5. The van der Waals surface area contributed by atoms with Crippen molar-refractivity contribution >= 4 is 46.0 Å². The fraction of sp³-hybridized carbons (Fsp3) is 0.375. The van der Waals surface area contributed by atoms with Crippen LogP contribution in [0.2, 0.25) is 5.02 Å². The van der Waals surface area contributed by atoms with Crippen molar-refractivity contribution in [3.63, 3.8) is 0 Å². The van der Waals surface area contributed by atoms with Crippen LogP contribution < -0.4 is 10.2 Å². The summed E-state index contributed by atoms with van der Waals surface area (Å²) in [6.07, 6.45) is 1.46. The monoisotopic (exact) mass is 557 g/mol. The lowest BCUT2D eigenvalue weighted by atomic mass is 9.88. The van der Waals surface area contributed by atoms with E-state index in [0.29, 0.717) is 37.5 Å². The Morgan fingerprint density at radius 1 is 1.03 bits per heavy atom. The molecule has 0 unspecified atom stereocenters. The van der Waals surface area contributed by atoms with Gasteiger partial charge in [-0.2, -0.15) is 13.2 Å². The highest BCUT2D eigenvalue weighted by atomic mass is 35.5. The number of aromatic nitrogens is 3. The van der Waals surface area contributed by atoms with Crippen LogP contribution in [-0.2, 0) is 4.79 Å². The Kier molecular flexibility index (Phi) is 7.95. The van der Waals surface area contributed by atoms with Crippen LogP contribution >= 0.6 is 11.6 Å². The van der Waals surface area contributed by atoms with Gasteiger partial charge in [0.1, 0.15) is 5.52 Å². The van der Waals surface area contributed by atoms with Gasteiger partial charge in [-0.25, -0.2) is 23.5 Å². The quantitative estimate of drug-likeness (QED) is 0.248. The number of pyridine rings is 1. The van der Waals surface area contributed by atoms with Crippen molar-refractivity contribution in [2.75, 3.05) is 23.3 Å². The normalized spacial score (nSPS) is 16.1. The zero-order valence-corrected chi connectivity index (χ0v) is 20.4. The van der Waals surface area contributed by atoms with E-state index in [4.69, 9.17) is 31.5 Å². The van der Waals surface area contributed by atoms with E-state index in [-0.39, 0.29) is 10.6 Å². The van der Waals surface area contributed by atoms with Gasteiger partial charge in [0.05, 0.1) is 22.3 Å². The molecule has 14 heteroatoms. The maximum absolute atomic E-state index is 14.2. The Labute approximate surface area is 217 Å². The number of alkyl halides is 3. The number of piperidine rings is 1. The van der Waals surface area contributed by atoms with E-state index in [0.717, 1.165) is 36.1 Å². The molecular weight excluding hydrogens is 537 g/mol. The minimum atomic E-state index is -5.08. The highest BCUT2D eigenvalue weighted by Crippen LogP contribution is 2.34. The summed E-state index contributed by atoms with van der Waals surface area (Å²) in [5.74, 6) is -4.43. The molecule has 0 atom stereocenters. The van der Waals surface area contributed by atoms with Crippen LogP contribution in [0.5, 0.6) is 0 Å². The van der Waals surface area contributed by atoms with Crippen molar-refractivity contribution in [1.82, 2.24) is 15.0 Å². The molecule has 1 saturated carbocycles. The van der Waals surface area contributed by atoms with Gasteiger partial charge in [-0.15, -0.1) is 0 Å². The Balaban J connectivity index is 0.000000426. The SMILES string of the molecule is O=C(O)C(F)(F)F.O=C(c1c(Cl)ccc(F)c1F)C1CCN(c2nc3cnccc3nc2NC2CC2)CC1. The average molecular weight is 558 g/mol. The van der Waals surface area contributed by atoms with Crippen LogP contribution in [0.1, 0.15) is 36.0 Å². The van der Waals surface area contributed by atoms with Crippen molar-refractivity contribution in [2.45, 2.75) is 37.9 Å². The molecule has 0 bridgehead atoms. The molecular formula is C24H21ClF5N5O3. The number of hydrogen-bond donors (Lipinski definition) is 2. The lowest BCUT2D eigenvalue weighted by molar-refractivity contribution is -0.192. The van der Waals surface area contributed by atoms with Crippen molar-refractivity contribution in [2.24, 2.45) is 5.92 Å². The lowest BCUT2D eigenvalue weighted by Crippen LogP contribution is -2.37. The Morgan fingerprint density at radius 2 is 1.68 bits per heavy atom. The third-order valence-corrected chi connectivity index (χ3v) is 6.38. The molecule has 2 fully saturated rings. The van der Waals surface area contributed by atoms with Gasteiger partial charge in [-0.3, -0.25) is 9.78 Å². The van der Waals surface area contributed by atoms with Gasteiger partial charge in [0.25, 0.3) is 0 Å². The van der Waals surface area contributed by atoms with E-state index >= 15 is 0 Å². The number of carboxylic acids is 1. The first-order chi connectivity index (χ1) is 18.0. The number of rotatable bonds is 5. The molecule has 3 heterocycles. The number of hydrogen-bond acceptors (Lipinski definition) is 7. The highest BCUT2D eigenvalue weighted by Gasteiger charge is 2.38. The minimum Gasteiger partial charge on any atom is -0.475 e. The first-order valence-electron chi connectivity index (χ1n) is 11.6. The van der Waals surface area contributed by atoms with Crippen molar-refractivity contribution in [3.8, 4) is 0 Å². The summed E-state index contributed by atoms with van der Waals surface area (Å²) in [6, 6.07) is 4.38. The highest BCUT2D eigenvalue weighted by molar-refractivity contribution is 6.34. The van der Waals surface area contributed by atoms with Crippen LogP contribution in [-0.4, -0.2) is 57.1 Å². The fourth-order valence-electron chi connectivity index (χ4n) is 3.95. The molecule has 1 saturated heterocycles. The Morgan fingerprint density at radius 3 is 2.29 bits per heavy atom. The molecule has 5 rings (SSSR count). The second kappa shape index (κ2) is 11.0. The second-order valence-corrected chi connectivity index (χ2v) is 9.23. The number of carbonyl (C=O) groups excluding carboxylic acids is 1. The maximum atomic E-state index is 14.2. The number of nitrogens with one attached hydrogen (secondary N) is 1. The summed E-state index contributed by atoms with van der Waals surface area (Å²) >= 11 is 6.00. The zero-order chi connectivity index (χ0) is 27.6. The third kappa shape index (κ3) is 6.26. The van der Waals surface area contributed by atoms with Crippen molar-refractivity contribution in [1.29, 1.82) is 0 Å². The summed E-state index contributed by atoms with van der Waals surface area (Å²) in [7, 11) is 0. The van der Waals surface area contributed by atoms with Gasteiger partial charge in [0.15, 0.2) is 29.1 Å². The van der Waals surface area contributed by atoms with Crippen LogP contribution in [0.4, 0.5) is 33.6 Å². The fourth-order valence-corrected chi connectivity index (χ4v) is 4.18. The number of Topliss-reactive ketones (excluding diaryl/α,β-unsaturated/α-hetero) is 1. The third-order valence-electron chi connectivity index (χ3n) is 6.06. The molecule has 1 aliphatic heterocycles. The molecule has 38 heavy (non-hydrogen) atoms. The van der Waals surface area contributed by atoms with Crippen LogP contribution in [0.3, 0.4) is 0 Å². The summed E-state index contributed by atoms with van der Waals surface area (Å²) in [4.78, 5) is 37.5. The first kappa shape index (κ1) is 27.4. The number of carbonyl (C=O) groups is 2. The molecule has 2 N–H and O–H groups in total. The predicted octanol–water partition coefficient (Wildman–Crippen LogP) is 5.26. The number of carboxylic acid groups (broad SMARTS) is 1. The minimum absolute atomic E-state index is 0.0601. The van der Waals surface area contributed by atoms with E-state index < -0.39 is 35.5 Å². The van der Waals surface area contributed by atoms with Gasteiger partial charge in [-0.1, -0.05) is 11.6 Å². The molecule has 202 valence electrons. The number of halogens is 6. The van der Waals surface area contributed by atoms with Gasteiger partial charge in [0.2, 0.25) is 0 Å². The second-order valence-electron chi connectivity index (χ2n) is 8.83. The van der Waals surface area contributed by atoms with Gasteiger partial charge >= 0.3 is 12.1 Å². The standard InChI is InChI=1S/C22H20ClF2N5O.C2HF3O2/c23-14-3-4-15(24)19(25)18(14)20(31)12-6-9-30(10-7-12)22-21(27-13-1-2-13)28-16-5-8-26-11-17(16)29-22;3-2(4,5)1(6)7/h3-5,8,11-13H,1-2,6-7,9-10H2,(H,27,28);(H,6,7). The van der Waals surface area contributed by atoms with Crippen LogP contribution in [0.25, 0.3) is 11.0 Å². The average Bonchev–Trinajstić information content (AvgIpc) is 3.70. The molecule has 0 amide bonds. The largest absolute Gasteiger partial charge is 0.490 e. The smallest absolute Gasteiger partial charge is 0.475 e. The number of benzene rings is 1. The van der Waals surface area contributed by atoms with Gasteiger partial charge in [-0.05, 0) is 43.9 Å². The number of ketones is 1. The molecule has 2 aliphatic rings. The molecule has 0 spiro atoms. The predicted molar refractivity (Wildman–Crippen MR) is 128 cm³/mol. The van der Waals surface area contributed by atoms with Crippen LogP contribution in [0.15, 0.2) is 30.6 Å². The number of aliphatic carboxylic acids is 1. The Hall–Kier alpha value is -3.61. The summed E-state index contributed by atoms with van der Waals surface area (Å²) in [5.41, 5.74) is 1.11. The maximum Gasteiger partial charge on any atom is 0.490 e. The zero-order valence-electron chi connectivity index (χ0n) is 19.6. The first-order valence-corrected chi connectivity index (χ1v) is 11.9. The molecule has 0 radical (unpaired) electrons. The van der Waals surface area contributed by atoms with Crippen LogP contribution in [0, 0.1) is 17.6 Å². The molecule has 1 aromatic carbocycles. The van der Waals surface area contributed by atoms with E-state index in [1.807, 2.05) is 6.07 Å². The molecule has 1 aliphatic carbocycles. The van der Waals surface area contributed by atoms with E-state index in [1.165, 1.54) is 6.07 Å². The number of fused-ring (bicyclic) bond motifs is 1. The lowest BCUT2D eigenvalue weighted by Gasteiger charge is -2.33. The van der Waals surface area contributed by atoms with Crippen molar-refractivity contribution in [3.05, 3.63) is 52.8 Å².